The molecule has 2 aromatic carbocycles. The predicted octanol–water partition coefficient (Wildman–Crippen LogP) is 4.78. The highest BCUT2D eigenvalue weighted by molar-refractivity contribution is 7.09. The number of thiazole rings is 1. The lowest BCUT2D eigenvalue weighted by Gasteiger charge is -2.22. The summed E-state index contributed by atoms with van der Waals surface area (Å²) in [6.45, 7) is 3.00. The van der Waals surface area contributed by atoms with Crippen molar-refractivity contribution in [3.63, 3.8) is 0 Å². The Kier molecular flexibility index (Phi) is 8.29. The van der Waals surface area contributed by atoms with Crippen LogP contribution in [0.1, 0.15) is 28.0 Å². The zero-order valence-corrected chi connectivity index (χ0v) is 18.7. The van der Waals surface area contributed by atoms with E-state index in [1.165, 1.54) is 35.6 Å². The van der Waals surface area contributed by atoms with Crippen LogP contribution in [0.4, 0.5) is 20.6 Å². The van der Waals surface area contributed by atoms with E-state index in [4.69, 9.17) is 4.74 Å². The van der Waals surface area contributed by atoms with Gasteiger partial charge >= 0.3 is 6.03 Å². The van der Waals surface area contributed by atoms with Gasteiger partial charge < -0.3 is 20.3 Å². The molecule has 0 atom stereocenters. The van der Waals surface area contributed by atoms with Crippen molar-refractivity contribution in [1.29, 1.82) is 0 Å². The summed E-state index contributed by atoms with van der Waals surface area (Å²) in [6, 6.07) is 12.9. The number of rotatable bonds is 9. The molecule has 168 valence electrons. The second kappa shape index (κ2) is 11.4. The van der Waals surface area contributed by atoms with Crippen LogP contribution >= 0.6 is 11.3 Å². The van der Waals surface area contributed by atoms with E-state index in [-0.39, 0.29) is 24.1 Å². The summed E-state index contributed by atoms with van der Waals surface area (Å²) in [6.07, 6.45) is 0.799. The zero-order valence-electron chi connectivity index (χ0n) is 17.9. The van der Waals surface area contributed by atoms with Crippen molar-refractivity contribution in [2.75, 3.05) is 30.9 Å². The van der Waals surface area contributed by atoms with Crippen molar-refractivity contribution < 1.29 is 18.7 Å². The molecule has 3 amide bonds. The van der Waals surface area contributed by atoms with Gasteiger partial charge in [0.15, 0.2) is 0 Å². The maximum absolute atomic E-state index is 13.0. The Morgan fingerprint density at radius 1 is 1.12 bits per heavy atom. The van der Waals surface area contributed by atoms with Crippen LogP contribution in [-0.4, -0.2) is 42.1 Å². The van der Waals surface area contributed by atoms with Gasteiger partial charge in [0.05, 0.1) is 13.2 Å². The second-order valence-corrected chi connectivity index (χ2v) is 7.89. The molecular formula is C23H25FN4O3S. The number of nitrogens with one attached hydrogen (secondary N) is 2. The summed E-state index contributed by atoms with van der Waals surface area (Å²) >= 11 is 1.29. The van der Waals surface area contributed by atoms with Gasteiger partial charge in [-0.25, -0.2) is 14.2 Å². The number of hydrogen-bond donors (Lipinski definition) is 2. The first-order chi connectivity index (χ1) is 15.5. The standard InChI is InChI=1S/C23H25FN4O3S/c1-3-16-6-4-5-7-19(16)27-23(30)28(12-13-31-2)14-21-26-20(15-32-21)22(29)25-18-10-8-17(24)9-11-18/h4-11,15H,3,12-14H2,1-2H3,(H,25,29)(H,27,30). The smallest absolute Gasteiger partial charge is 0.322 e. The van der Waals surface area contributed by atoms with Gasteiger partial charge in [0.25, 0.3) is 5.91 Å². The number of aryl methyl sites for hydroxylation is 1. The van der Waals surface area contributed by atoms with Crippen LogP contribution in [0, 0.1) is 5.82 Å². The molecule has 0 aliphatic rings. The van der Waals surface area contributed by atoms with Gasteiger partial charge in [-0.15, -0.1) is 11.3 Å². The quantitative estimate of drug-likeness (QED) is 0.486. The Balaban J connectivity index is 1.67. The van der Waals surface area contributed by atoms with Crippen LogP contribution in [0.15, 0.2) is 53.9 Å². The minimum Gasteiger partial charge on any atom is -0.383 e. The predicted molar refractivity (Wildman–Crippen MR) is 124 cm³/mol. The maximum Gasteiger partial charge on any atom is 0.322 e. The first-order valence-electron chi connectivity index (χ1n) is 10.1. The van der Waals surface area contributed by atoms with Crippen molar-refractivity contribution >= 4 is 34.6 Å². The summed E-state index contributed by atoms with van der Waals surface area (Å²) < 4.78 is 18.2. The number of para-hydroxylation sites is 1. The SMILES string of the molecule is CCc1ccccc1NC(=O)N(CCOC)Cc1nc(C(=O)Nc2ccc(F)cc2)cs1. The Bertz CT molecular complexity index is 1060. The largest absolute Gasteiger partial charge is 0.383 e. The van der Waals surface area contributed by atoms with Gasteiger partial charge in [-0.3, -0.25) is 4.79 Å². The molecule has 3 aromatic rings. The Morgan fingerprint density at radius 2 is 1.88 bits per heavy atom. The molecule has 9 heteroatoms. The van der Waals surface area contributed by atoms with E-state index in [0.29, 0.717) is 23.8 Å². The highest BCUT2D eigenvalue weighted by Crippen LogP contribution is 2.18. The molecule has 0 spiro atoms. The monoisotopic (exact) mass is 456 g/mol. The number of nitrogens with zero attached hydrogens (tertiary/aromatic N) is 2. The average molecular weight is 457 g/mol. The van der Waals surface area contributed by atoms with Crippen LogP contribution in [0.2, 0.25) is 0 Å². The molecule has 0 aliphatic carbocycles. The molecule has 0 unspecified atom stereocenters. The van der Waals surface area contributed by atoms with Crippen molar-refractivity contribution in [3.8, 4) is 0 Å². The van der Waals surface area contributed by atoms with E-state index in [1.807, 2.05) is 31.2 Å². The first-order valence-corrected chi connectivity index (χ1v) is 11.0. The number of hydrogen-bond acceptors (Lipinski definition) is 5. The third-order valence-corrected chi connectivity index (χ3v) is 5.54. The van der Waals surface area contributed by atoms with E-state index in [9.17, 15) is 14.0 Å². The number of anilines is 2. The number of benzene rings is 2. The summed E-state index contributed by atoms with van der Waals surface area (Å²) in [5.74, 6) is -0.779. The third kappa shape index (κ3) is 6.35. The maximum atomic E-state index is 13.0. The number of methoxy groups -OCH3 is 1. The number of carbonyl (C=O) groups is 2. The fourth-order valence-electron chi connectivity index (χ4n) is 2.98. The van der Waals surface area contributed by atoms with Crippen LogP contribution in [0.5, 0.6) is 0 Å². The fraction of sp³-hybridized carbons (Fsp3) is 0.261. The van der Waals surface area contributed by atoms with E-state index < -0.39 is 5.91 Å². The minimum absolute atomic E-state index is 0.234. The van der Waals surface area contributed by atoms with Crippen molar-refractivity contribution in [3.05, 3.63) is 76.0 Å². The minimum atomic E-state index is -0.399. The summed E-state index contributed by atoms with van der Waals surface area (Å²) in [4.78, 5) is 31.3. The lowest BCUT2D eigenvalue weighted by Crippen LogP contribution is -2.37. The highest BCUT2D eigenvalue weighted by Gasteiger charge is 2.18. The second-order valence-electron chi connectivity index (χ2n) is 6.94. The van der Waals surface area contributed by atoms with Gasteiger partial charge in [-0.2, -0.15) is 0 Å². The average Bonchev–Trinajstić information content (AvgIpc) is 3.27. The lowest BCUT2D eigenvalue weighted by molar-refractivity contribution is 0.102. The van der Waals surface area contributed by atoms with Crippen molar-refractivity contribution in [1.82, 2.24) is 9.88 Å². The highest BCUT2D eigenvalue weighted by atomic mass is 32.1. The Hall–Kier alpha value is -3.30. The molecular weight excluding hydrogens is 431 g/mol. The van der Waals surface area contributed by atoms with Crippen LogP contribution < -0.4 is 10.6 Å². The molecule has 0 fully saturated rings. The van der Waals surface area contributed by atoms with E-state index in [1.54, 1.807) is 17.4 Å². The summed E-state index contributed by atoms with van der Waals surface area (Å²) in [5, 5.41) is 7.88. The molecule has 0 saturated heterocycles. The normalized spacial score (nSPS) is 10.6. The topological polar surface area (TPSA) is 83.6 Å². The number of carbonyl (C=O) groups excluding carboxylic acids is 2. The van der Waals surface area contributed by atoms with Gasteiger partial charge in [-0.05, 0) is 42.3 Å². The summed E-state index contributed by atoms with van der Waals surface area (Å²) in [5.41, 5.74) is 2.52. The first kappa shape index (κ1) is 23.4. The number of ether oxygens (including phenoxy) is 1. The number of aromatic nitrogens is 1. The van der Waals surface area contributed by atoms with E-state index in [2.05, 4.69) is 15.6 Å². The molecule has 0 bridgehead atoms. The number of urea groups is 1. The lowest BCUT2D eigenvalue weighted by atomic mass is 10.1. The van der Waals surface area contributed by atoms with Gasteiger partial charge in [0.1, 0.15) is 16.5 Å². The van der Waals surface area contributed by atoms with Gasteiger partial charge in [-0.1, -0.05) is 25.1 Å². The molecule has 0 radical (unpaired) electrons. The fourth-order valence-corrected chi connectivity index (χ4v) is 3.77. The number of halogens is 1. The van der Waals surface area contributed by atoms with Crippen LogP contribution in [0.25, 0.3) is 0 Å². The number of amides is 3. The van der Waals surface area contributed by atoms with Crippen LogP contribution in [-0.2, 0) is 17.7 Å². The zero-order chi connectivity index (χ0) is 22.9. The van der Waals surface area contributed by atoms with Gasteiger partial charge in [0.2, 0.25) is 0 Å². The van der Waals surface area contributed by atoms with Crippen molar-refractivity contribution in [2.45, 2.75) is 19.9 Å². The van der Waals surface area contributed by atoms with E-state index >= 15 is 0 Å². The molecule has 32 heavy (non-hydrogen) atoms. The van der Waals surface area contributed by atoms with Crippen molar-refractivity contribution in [2.24, 2.45) is 0 Å². The molecule has 1 heterocycles. The molecule has 3 rings (SSSR count). The molecule has 0 aliphatic heterocycles. The summed E-state index contributed by atoms with van der Waals surface area (Å²) in [7, 11) is 1.57. The Morgan fingerprint density at radius 3 is 2.59 bits per heavy atom. The molecule has 7 nitrogen and oxygen atoms in total. The van der Waals surface area contributed by atoms with Crippen LogP contribution in [0.3, 0.4) is 0 Å². The van der Waals surface area contributed by atoms with Gasteiger partial charge in [0, 0.05) is 30.4 Å². The molecule has 2 N–H and O–H groups in total. The Labute approximate surface area is 190 Å². The third-order valence-electron chi connectivity index (χ3n) is 4.71. The molecule has 0 saturated carbocycles. The molecule has 1 aromatic heterocycles. The van der Waals surface area contributed by atoms with E-state index in [0.717, 1.165) is 17.7 Å².